The van der Waals surface area contributed by atoms with Crippen molar-refractivity contribution in [1.82, 2.24) is 5.32 Å². The molecule has 0 saturated heterocycles. The van der Waals surface area contributed by atoms with Crippen LogP contribution in [0.25, 0.3) is 0 Å². The lowest BCUT2D eigenvalue weighted by Gasteiger charge is -2.01. The number of rotatable bonds is 4. The van der Waals surface area contributed by atoms with Gasteiger partial charge in [-0.05, 0) is 42.5 Å². The molecule has 1 amide bonds. The maximum absolute atomic E-state index is 11.6. The van der Waals surface area contributed by atoms with Gasteiger partial charge in [0.2, 0.25) is 0 Å². The fraction of sp³-hybridized carbons (Fsp3) is 0.545. The van der Waals surface area contributed by atoms with Gasteiger partial charge in [-0.15, -0.1) is 0 Å². The Kier molecular flexibility index (Phi) is 3.00. The highest BCUT2D eigenvalue weighted by Crippen LogP contribution is 2.34. The third-order valence-corrected chi connectivity index (χ3v) is 2.90. The molecule has 0 aliphatic heterocycles. The van der Waals surface area contributed by atoms with Gasteiger partial charge in [-0.25, -0.2) is 0 Å². The van der Waals surface area contributed by atoms with E-state index < -0.39 is 0 Å². The molecule has 1 saturated carbocycles. The maximum Gasteiger partial charge on any atom is 0.287 e. The van der Waals surface area contributed by atoms with Crippen molar-refractivity contribution in [2.45, 2.75) is 32.2 Å². The predicted octanol–water partition coefficient (Wildman–Crippen LogP) is 2.85. The highest BCUT2D eigenvalue weighted by Gasteiger charge is 2.37. The first kappa shape index (κ1) is 10.6. The second-order valence-electron chi connectivity index (χ2n) is 3.97. The normalized spacial score (nSPS) is 23.9. The van der Waals surface area contributed by atoms with E-state index in [0.717, 1.165) is 6.42 Å². The van der Waals surface area contributed by atoms with E-state index in [1.807, 2.05) is 0 Å². The number of halogens is 1. The van der Waals surface area contributed by atoms with Crippen molar-refractivity contribution < 1.29 is 9.21 Å². The number of amides is 1. The quantitative estimate of drug-likeness (QED) is 0.860. The summed E-state index contributed by atoms with van der Waals surface area (Å²) in [5.41, 5.74) is 0. The predicted molar refractivity (Wildman–Crippen MR) is 58.0 cm³/mol. The summed E-state index contributed by atoms with van der Waals surface area (Å²) in [6, 6.07) is 3.50. The van der Waals surface area contributed by atoms with E-state index >= 15 is 0 Å². The molecule has 0 aromatic carbocycles. The molecule has 1 aromatic rings. The van der Waals surface area contributed by atoms with Crippen LogP contribution in [0, 0.1) is 5.92 Å². The molecule has 2 atom stereocenters. The number of nitrogens with one attached hydrogen (secondary N) is 1. The monoisotopic (exact) mass is 227 g/mol. The first-order chi connectivity index (χ1) is 7.20. The third-order valence-electron chi connectivity index (χ3n) is 2.70. The molecule has 1 N–H and O–H groups in total. The molecular formula is C11H14ClNO2. The van der Waals surface area contributed by atoms with Crippen molar-refractivity contribution in [1.29, 1.82) is 0 Å². The Morgan fingerprint density at radius 1 is 1.67 bits per heavy atom. The Labute approximate surface area is 93.8 Å². The molecule has 3 nitrogen and oxygen atoms in total. The highest BCUT2D eigenvalue weighted by atomic mass is 35.5. The Morgan fingerprint density at radius 2 is 2.47 bits per heavy atom. The van der Waals surface area contributed by atoms with Gasteiger partial charge in [0.15, 0.2) is 11.0 Å². The second-order valence-corrected chi connectivity index (χ2v) is 4.34. The zero-order chi connectivity index (χ0) is 10.8. The molecule has 0 bridgehead atoms. The standard InChI is InChI=1S/C11H14ClNO2/c1-2-3-7-6-8(7)13-11(14)9-4-5-10(12)15-9/h4-5,7-8H,2-3,6H2,1H3,(H,13,14). The third kappa shape index (κ3) is 2.53. The lowest BCUT2D eigenvalue weighted by molar-refractivity contribution is 0.0921. The summed E-state index contributed by atoms with van der Waals surface area (Å²) >= 11 is 5.59. The van der Waals surface area contributed by atoms with Crippen molar-refractivity contribution in [2.75, 3.05) is 0 Å². The summed E-state index contributed by atoms with van der Waals surface area (Å²) in [5.74, 6) is 0.789. The SMILES string of the molecule is CCCC1CC1NC(=O)c1ccc(Cl)o1. The van der Waals surface area contributed by atoms with Gasteiger partial charge in [-0.2, -0.15) is 0 Å². The van der Waals surface area contributed by atoms with Gasteiger partial charge >= 0.3 is 0 Å². The topological polar surface area (TPSA) is 42.2 Å². The Bertz CT molecular complexity index is 361. The average molecular weight is 228 g/mol. The van der Waals surface area contributed by atoms with Crippen LogP contribution >= 0.6 is 11.6 Å². The Hall–Kier alpha value is -0.960. The summed E-state index contributed by atoms with van der Waals surface area (Å²) in [4.78, 5) is 11.6. The molecule has 2 rings (SSSR count). The molecular weight excluding hydrogens is 214 g/mol. The van der Waals surface area contributed by atoms with E-state index in [0.29, 0.717) is 17.7 Å². The average Bonchev–Trinajstić information content (AvgIpc) is 2.76. The molecule has 82 valence electrons. The van der Waals surface area contributed by atoms with Crippen LogP contribution in [0.1, 0.15) is 36.7 Å². The van der Waals surface area contributed by atoms with Gasteiger partial charge in [-0.3, -0.25) is 4.79 Å². The summed E-state index contributed by atoms with van der Waals surface area (Å²) in [6.45, 7) is 2.16. The van der Waals surface area contributed by atoms with Crippen LogP contribution in [0.5, 0.6) is 0 Å². The van der Waals surface area contributed by atoms with Crippen LogP contribution in [-0.4, -0.2) is 11.9 Å². The van der Waals surface area contributed by atoms with Crippen molar-refractivity contribution in [3.8, 4) is 0 Å². The van der Waals surface area contributed by atoms with E-state index in [9.17, 15) is 4.79 Å². The molecule has 0 spiro atoms. The van der Waals surface area contributed by atoms with Crippen LogP contribution in [0.4, 0.5) is 0 Å². The molecule has 1 aliphatic carbocycles. The number of hydrogen-bond acceptors (Lipinski definition) is 2. The van der Waals surface area contributed by atoms with Gasteiger partial charge in [0, 0.05) is 6.04 Å². The Morgan fingerprint density at radius 3 is 3.07 bits per heavy atom. The van der Waals surface area contributed by atoms with Crippen molar-refractivity contribution >= 4 is 17.5 Å². The maximum atomic E-state index is 11.6. The van der Waals surface area contributed by atoms with Crippen LogP contribution in [0.15, 0.2) is 16.5 Å². The smallest absolute Gasteiger partial charge is 0.287 e. The second kappa shape index (κ2) is 4.27. The molecule has 2 unspecified atom stereocenters. The molecule has 1 aromatic heterocycles. The zero-order valence-electron chi connectivity index (χ0n) is 8.63. The first-order valence-electron chi connectivity index (χ1n) is 5.27. The molecule has 0 radical (unpaired) electrons. The van der Waals surface area contributed by atoms with Crippen LogP contribution in [-0.2, 0) is 0 Å². The zero-order valence-corrected chi connectivity index (χ0v) is 9.38. The molecule has 15 heavy (non-hydrogen) atoms. The number of carbonyl (C=O) groups is 1. The minimum absolute atomic E-state index is 0.162. The van der Waals surface area contributed by atoms with E-state index in [1.54, 1.807) is 12.1 Å². The Balaban J connectivity index is 1.84. The summed E-state index contributed by atoms with van der Waals surface area (Å²) in [7, 11) is 0. The van der Waals surface area contributed by atoms with E-state index in [4.69, 9.17) is 16.0 Å². The fourth-order valence-corrected chi connectivity index (χ4v) is 1.94. The molecule has 1 heterocycles. The van der Waals surface area contributed by atoms with E-state index in [2.05, 4.69) is 12.2 Å². The summed E-state index contributed by atoms with van der Waals surface area (Å²) < 4.78 is 5.02. The van der Waals surface area contributed by atoms with Gasteiger partial charge in [-0.1, -0.05) is 13.3 Å². The minimum atomic E-state index is -0.162. The number of carbonyl (C=O) groups excluding carboxylic acids is 1. The molecule has 1 fully saturated rings. The first-order valence-corrected chi connectivity index (χ1v) is 5.64. The van der Waals surface area contributed by atoms with Crippen LogP contribution in [0.2, 0.25) is 5.22 Å². The number of furan rings is 1. The lowest BCUT2D eigenvalue weighted by Crippen LogP contribution is -2.26. The highest BCUT2D eigenvalue weighted by molar-refractivity contribution is 6.29. The lowest BCUT2D eigenvalue weighted by atomic mass is 10.2. The number of hydrogen-bond donors (Lipinski definition) is 1. The summed E-state index contributed by atoms with van der Waals surface area (Å²) in [5, 5.41) is 3.18. The fourth-order valence-electron chi connectivity index (χ4n) is 1.79. The van der Waals surface area contributed by atoms with Gasteiger partial charge in [0.1, 0.15) is 0 Å². The van der Waals surface area contributed by atoms with Crippen LogP contribution in [0.3, 0.4) is 0 Å². The largest absolute Gasteiger partial charge is 0.440 e. The van der Waals surface area contributed by atoms with Crippen molar-refractivity contribution in [3.63, 3.8) is 0 Å². The van der Waals surface area contributed by atoms with Gasteiger partial charge in [0.05, 0.1) is 0 Å². The minimum Gasteiger partial charge on any atom is -0.440 e. The van der Waals surface area contributed by atoms with E-state index in [1.165, 1.54) is 12.8 Å². The van der Waals surface area contributed by atoms with Gasteiger partial charge < -0.3 is 9.73 Å². The van der Waals surface area contributed by atoms with Crippen LogP contribution < -0.4 is 5.32 Å². The van der Waals surface area contributed by atoms with E-state index in [-0.39, 0.29) is 11.1 Å². The van der Waals surface area contributed by atoms with Crippen molar-refractivity contribution in [2.24, 2.45) is 5.92 Å². The molecule has 1 aliphatic rings. The van der Waals surface area contributed by atoms with Crippen molar-refractivity contribution in [3.05, 3.63) is 23.1 Å². The van der Waals surface area contributed by atoms with Gasteiger partial charge in [0.25, 0.3) is 5.91 Å². The summed E-state index contributed by atoms with van der Waals surface area (Å²) in [6.07, 6.45) is 3.45. The molecule has 4 heteroatoms.